The lowest BCUT2D eigenvalue weighted by Crippen LogP contribution is -2.56. The maximum atomic E-state index is 13.1. The maximum absolute atomic E-state index is 13.1. The minimum absolute atomic E-state index is 0.238. The normalized spacial score (nSPS) is 24.6. The summed E-state index contributed by atoms with van der Waals surface area (Å²) in [5.74, 6) is -0.238. The highest BCUT2D eigenvalue weighted by atomic mass is 32.1. The van der Waals surface area contributed by atoms with Gasteiger partial charge in [-0.1, -0.05) is 36.2 Å². The van der Waals surface area contributed by atoms with Gasteiger partial charge in [0.25, 0.3) is 0 Å². The lowest BCUT2D eigenvalue weighted by molar-refractivity contribution is 0.0212. The molecule has 0 spiro atoms. The molecule has 3 atom stereocenters. The van der Waals surface area contributed by atoms with E-state index >= 15 is 0 Å². The maximum Gasteiger partial charge on any atom is 0.170 e. The van der Waals surface area contributed by atoms with Gasteiger partial charge in [-0.25, -0.2) is 4.39 Å². The Kier molecular flexibility index (Phi) is 5.93. The van der Waals surface area contributed by atoms with E-state index in [2.05, 4.69) is 46.7 Å². The van der Waals surface area contributed by atoms with Gasteiger partial charge in [0.1, 0.15) is 5.82 Å². The van der Waals surface area contributed by atoms with Crippen molar-refractivity contribution in [1.82, 2.24) is 10.2 Å². The van der Waals surface area contributed by atoms with E-state index in [1.807, 2.05) is 0 Å². The highest BCUT2D eigenvalue weighted by Gasteiger charge is 2.38. The first-order chi connectivity index (χ1) is 13.6. The first-order valence-corrected chi connectivity index (χ1v) is 10.6. The predicted molar refractivity (Wildman–Crippen MR) is 117 cm³/mol. The molecule has 2 aliphatic heterocycles. The molecule has 2 aromatic rings. The van der Waals surface area contributed by atoms with Crippen LogP contribution in [0.4, 0.5) is 10.1 Å². The van der Waals surface area contributed by atoms with Crippen molar-refractivity contribution in [3.8, 4) is 0 Å². The summed E-state index contributed by atoms with van der Waals surface area (Å²) >= 11 is 5.50. The van der Waals surface area contributed by atoms with Gasteiger partial charge in [0, 0.05) is 30.4 Å². The molecule has 2 N–H and O–H groups in total. The molecule has 2 aliphatic rings. The van der Waals surface area contributed by atoms with Gasteiger partial charge >= 0.3 is 0 Å². The fourth-order valence-electron chi connectivity index (χ4n) is 4.64. The van der Waals surface area contributed by atoms with Crippen LogP contribution in [0.3, 0.4) is 0 Å². The van der Waals surface area contributed by atoms with Gasteiger partial charge in [-0.05, 0) is 74.7 Å². The number of rotatable bonds is 4. The minimum Gasteiger partial charge on any atom is -0.360 e. The summed E-state index contributed by atoms with van der Waals surface area (Å²) in [5.41, 5.74) is 3.53. The molecule has 4 rings (SSSR count). The van der Waals surface area contributed by atoms with Crippen LogP contribution in [0, 0.1) is 12.7 Å². The zero-order valence-electron chi connectivity index (χ0n) is 16.3. The van der Waals surface area contributed by atoms with E-state index in [0.717, 1.165) is 25.1 Å². The molecule has 2 bridgehead atoms. The van der Waals surface area contributed by atoms with Crippen molar-refractivity contribution in [1.29, 1.82) is 0 Å². The Hall–Kier alpha value is -1.98. The Morgan fingerprint density at radius 2 is 1.68 bits per heavy atom. The largest absolute Gasteiger partial charge is 0.360 e. The second-order valence-corrected chi connectivity index (χ2v) is 8.58. The molecule has 1 unspecified atom stereocenters. The van der Waals surface area contributed by atoms with E-state index in [9.17, 15) is 4.39 Å². The molecule has 0 saturated carbocycles. The van der Waals surface area contributed by atoms with E-state index in [1.54, 1.807) is 12.1 Å². The number of anilines is 1. The Balaban J connectivity index is 1.35. The summed E-state index contributed by atoms with van der Waals surface area (Å²) in [6, 6.07) is 16.9. The van der Waals surface area contributed by atoms with Crippen molar-refractivity contribution >= 4 is 23.0 Å². The SMILES string of the molecule is Cc1ccc(CN2[C@@H]3CCC[C@H]2CC(NC(=S)Nc2ccc(F)cc2)C3)cc1. The van der Waals surface area contributed by atoms with Crippen LogP contribution in [0.5, 0.6) is 0 Å². The summed E-state index contributed by atoms with van der Waals surface area (Å²) < 4.78 is 13.1. The monoisotopic (exact) mass is 397 g/mol. The molecule has 0 radical (unpaired) electrons. The number of nitrogens with one attached hydrogen (secondary N) is 2. The number of hydrogen-bond acceptors (Lipinski definition) is 2. The first-order valence-electron chi connectivity index (χ1n) is 10.2. The third kappa shape index (κ3) is 4.70. The molecule has 0 aliphatic carbocycles. The van der Waals surface area contributed by atoms with Crippen molar-refractivity contribution in [2.45, 2.75) is 63.7 Å². The van der Waals surface area contributed by atoms with Crippen LogP contribution in [0.15, 0.2) is 48.5 Å². The number of aryl methyl sites for hydroxylation is 1. The highest BCUT2D eigenvalue weighted by molar-refractivity contribution is 7.80. The van der Waals surface area contributed by atoms with Crippen molar-refractivity contribution in [3.63, 3.8) is 0 Å². The van der Waals surface area contributed by atoms with Crippen molar-refractivity contribution in [2.24, 2.45) is 0 Å². The Labute approximate surface area is 172 Å². The quantitative estimate of drug-likeness (QED) is 0.710. The number of piperidine rings is 2. The third-order valence-electron chi connectivity index (χ3n) is 6.05. The van der Waals surface area contributed by atoms with Crippen LogP contribution in [0.1, 0.15) is 43.2 Å². The van der Waals surface area contributed by atoms with Crippen LogP contribution in [0.25, 0.3) is 0 Å². The van der Waals surface area contributed by atoms with Gasteiger partial charge in [-0.2, -0.15) is 0 Å². The summed E-state index contributed by atoms with van der Waals surface area (Å²) in [7, 11) is 0. The van der Waals surface area contributed by atoms with Crippen molar-refractivity contribution < 1.29 is 4.39 Å². The number of thiocarbonyl (C=S) groups is 1. The Bertz CT molecular complexity index is 792. The zero-order chi connectivity index (χ0) is 19.5. The fraction of sp³-hybridized carbons (Fsp3) is 0.435. The molecule has 0 amide bonds. The Morgan fingerprint density at radius 1 is 1.04 bits per heavy atom. The molecule has 28 heavy (non-hydrogen) atoms. The fourth-order valence-corrected chi connectivity index (χ4v) is 4.93. The van der Waals surface area contributed by atoms with E-state index in [4.69, 9.17) is 12.2 Å². The predicted octanol–water partition coefficient (Wildman–Crippen LogP) is 5.01. The number of halogens is 1. The van der Waals surface area contributed by atoms with Gasteiger partial charge in [-0.3, -0.25) is 4.90 Å². The molecule has 2 saturated heterocycles. The van der Waals surface area contributed by atoms with E-state index in [-0.39, 0.29) is 5.82 Å². The van der Waals surface area contributed by atoms with Crippen LogP contribution in [-0.4, -0.2) is 28.1 Å². The first kappa shape index (κ1) is 19.3. The number of benzene rings is 2. The summed E-state index contributed by atoms with van der Waals surface area (Å²) in [4.78, 5) is 2.71. The third-order valence-corrected chi connectivity index (χ3v) is 6.27. The molecular weight excluding hydrogens is 369 g/mol. The van der Waals surface area contributed by atoms with Crippen LogP contribution >= 0.6 is 12.2 Å². The molecule has 0 aromatic heterocycles. The number of hydrogen-bond donors (Lipinski definition) is 2. The van der Waals surface area contributed by atoms with Gasteiger partial charge in [-0.15, -0.1) is 0 Å². The molecule has 2 fully saturated rings. The van der Waals surface area contributed by atoms with E-state index in [0.29, 0.717) is 23.2 Å². The topological polar surface area (TPSA) is 27.3 Å². The standard InChI is InChI=1S/C23H28FN3S/c1-16-5-7-17(8-6-16)15-27-21-3-2-4-22(27)14-20(13-21)26-23(28)25-19-11-9-18(24)10-12-19/h5-12,20-22H,2-4,13-15H2,1H3,(H2,25,26,28)/t20?,21-,22+. The van der Waals surface area contributed by atoms with Gasteiger partial charge in [0.05, 0.1) is 0 Å². The van der Waals surface area contributed by atoms with Crippen molar-refractivity contribution in [3.05, 3.63) is 65.5 Å². The second kappa shape index (κ2) is 8.58. The van der Waals surface area contributed by atoms with E-state index in [1.165, 1.54) is 42.5 Å². The minimum atomic E-state index is -0.238. The van der Waals surface area contributed by atoms with Crippen LogP contribution in [0.2, 0.25) is 0 Å². The molecule has 2 aromatic carbocycles. The van der Waals surface area contributed by atoms with Gasteiger partial charge < -0.3 is 10.6 Å². The summed E-state index contributed by atoms with van der Waals surface area (Å²) in [6.07, 6.45) is 6.09. The average Bonchev–Trinajstić information content (AvgIpc) is 2.66. The molecule has 148 valence electrons. The van der Waals surface area contributed by atoms with Crippen LogP contribution in [-0.2, 0) is 6.54 Å². The number of nitrogens with zero attached hydrogens (tertiary/aromatic N) is 1. The van der Waals surface area contributed by atoms with E-state index < -0.39 is 0 Å². The highest BCUT2D eigenvalue weighted by Crippen LogP contribution is 2.35. The zero-order valence-corrected chi connectivity index (χ0v) is 17.1. The molecule has 5 heteroatoms. The summed E-state index contributed by atoms with van der Waals surface area (Å²) in [5, 5.41) is 7.31. The number of fused-ring (bicyclic) bond motifs is 2. The molecule has 2 heterocycles. The molecule has 3 nitrogen and oxygen atoms in total. The lowest BCUT2D eigenvalue weighted by Gasteiger charge is -2.49. The van der Waals surface area contributed by atoms with Crippen molar-refractivity contribution in [2.75, 3.05) is 5.32 Å². The average molecular weight is 398 g/mol. The Morgan fingerprint density at radius 3 is 2.32 bits per heavy atom. The smallest absolute Gasteiger partial charge is 0.170 e. The van der Waals surface area contributed by atoms with Crippen LogP contribution < -0.4 is 10.6 Å². The second-order valence-electron chi connectivity index (χ2n) is 8.17. The van der Waals surface area contributed by atoms with Gasteiger partial charge in [0.15, 0.2) is 5.11 Å². The van der Waals surface area contributed by atoms with Gasteiger partial charge in [0.2, 0.25) is 0 Å². The summed E-state index contributed by atoms with van der Waals surface area (Å²) in [6.45, 7) is 3.18. The lowest BCUT2D eigenvalue weighted by atomic mass is 9.81. The molecular formula is C23H28FN3S.